The predicted molar refractivity (Wildman–Crippen MR) is 319 cm³/mol. The van der Waals surface area contributed by atoms with E-state index in [-0.39, 0.29) is 11.6 Å². The number of rotatable bonds is 10. The second kappa shape index (κ2) is 19.1. The molecule has 0 unspecified atom stereocenters. The van der Waals surface area contributed by atoms with Crippen LogP contribution >= 0.6 is 0 Å². The SMILES string of the molecule is Cc1cccc(-c2cc(F)c(N(c3cc(C)ccc3C)c3ccc4ccc5c(N(c6cc(C)ccc6C)c6c(F)cc(-c7cccc(C)c7)cc6-c6cccc(C)c6)ccc6ccc3c4c65)c(-c3cccc(C)c3)c2)c1. The van der Waals surface area contributed by atoms with Crippen LogP contribution in [0.3, 0.4) is 0 Å². The van der Waals surface area contributed by atoms with Crippen molar-refractivity contribution in [1.82, 2.24) is 0 Å². The van der Waals surface area contributed by atoms with Crippen LogP contribution in [0.1, 0.15) is 44.5 Å². The molecule has 0 heterocycles. The zero-order valence-corrected chi connectivity index (χ0v) is 44.3. The number of halogens is 2. The first-order valence-electron chi connectivity index (χ1n) is 26.2. The lowest BCUT2D eigenvalue weighted by molar-refractivity contribution is 0.629. The Morgan fingerprint density at radius 2 is 0.618 bits per heavy atom. The molecule has 0 aliphatic heterocycles. The zero-order chi connectivity index (χ0) is 52.5. The number of benzene rings is 12. The maximum Gasteiger partial charge on any atom is 0.148 e. The quantitative estimate of drug-likeness (QED) is 0.126. The summed E-state index contributed by atoms with van der Waals surface area (Å²) in [5.41, 5.74) is 20.0. The van der Waals surface area contributed by atoms with E-state index in [9.17, 15) is 0 Å². The lowest BCUT2D eigenvalue weighted by Crippen LogP contribution is -2.16. The fourth-order valence-electron chi connectivity index (χ4n) is 11.5. The van der Waals surface area contributed by atoms with Gasteiger partial charge in [0.05, 0.1) is 22.7 Å². The van der Waals surface area contributed by atoms with Gasteiger partial charge in [0.15, 0.2) is 0 Å². The Morgan fingerprint density at radius 3 is 1.00 bits per heavy atom. The molecule has 0 amide bonds. The van der Waals surface area contributed by atoms with Gasteiger partial charge in [-0.15, -0.1) is 0 Å². The molecule has 4 heteroatoms. The van der Waals surface area contributed by atoms with E-state index in [0.717, 1.165) is 144 Å². The molecule has 0 aromatic heterocycles. The van der Waals surface area contributed by atoms with Crippen molar-refractivity contribution in [3.05, 3.63) is 262 Å². The number of aryl methyl sites for hydroxylation is 8. The smallest absolute Gasteiger partial charge is 0.148 e. The van der Waals surface area contributed by atoms with Crippen LogP contribution in [-0.2, 0) is 0 Å². The molecule has 0 atom stereocenters. The summed E-state index contributed by atoms with van der Waals surface area (Å²) in [5, 5.41) is 6.15. The normalized spacial score (nSPS) is 11.6. The van der Waals surface area contributed by atoms with Gasteiger partial charge in [-0.2, -0.15) is 0 Å². The highest BCUT2D eigenvalue weighted by Crippen LogP contribution is 2.53. The number of nitrogens with zero attached hydrogens (tertiary/aromatic N) is 2. The minimum absolute atomic E-state index is 0.326. The second-order valence-electron chi connectivity index (χ2n) is 21.0. The molecular weight excluding hydrogens is 931 g/mol. The van der Waals surface area contributed by atoms with Gasteiger partial charge >= 0.3 is 0 Å². The molecule has 12 rings (SSSR count). The Balaban J connectivity index is 1.15. The number of hydrogen-bond acceptors (Lipinski definition) is 2. The first kappa shape index (κ1) is 48.1. The van der Waals surface area contributed by atoms with E-state index in [4.69, 9.17) is 0 Å². The molecule has 0 saturated carbocycles. The van der Waals surface area contributed by atoms with Crippen LogP contribution in [0.5, 0.6) is 0 Å². The summed E-state index contributed by atoms with van der Waals surface area (Å²) in [6, 6.07) is 71.3. The molecule has 0 spiro atoms. The average Bonchev–Trinajstić information content (AvgIpc) is 3.57. The third-order valence-corrected chi connectivity index (χ3v) is 15.2. The van der Waals surface area contributed by atoms with Crippen LogP contribution in [0, 0.1) is 67.0 Å². The van der Waals surface area contributed by atoms with Gasteiger partial charge in [0, 0.05) is 33.3 Å². The standard InChI is InChI=1S/C72H58F2N2/c1-43-13-9-17-53(33-43)57-39-61(55-19-11-15-45(3)35-55)71(63(73)41-57)75(67-37-47(5)21-23-49(67)7)65-31-27-51-26-30-60-66(32-28-52-25-29-59(65)69(51)70(52)60)76(68-38-48(6)22-24-50(68)8)72-62(56-20-12-16-46(4)36-56)40-58(42-64(72)74)54-18-10-14-44(2)34-54/h9-42H,1-8H3. The zero-order valence-electron chi connectivity index (χ0n) is 44.3. The Morgan fingerprint density at radius 1 is 0.276 bits per heavy atom. The molecule has 0 radical (unpaired) electrons. The van der Waals surface area contributed by atoms with Crippen LogP contribution in [0.25, 0.3) is 76.8 Å². The maximum absolute atomic E-state index is 18.1. The summed E-state index contributed by atoms with van der Waals surface area (Å²) in [6.45, 7) is 16.7. The maximum atomic E-state index is 18.1. The first-order chi connectivity index (χ1) is 36.8. The second-order valence-corrected chi connectivity index (χ2v) is 21.0. The molecule has 76 heavy (non-hydrogen) atoms. The highest BCUT2D eigenvalue weighted by molar-refractivity contribution is 6.28. The lowest BCUT2D eigenvalue weighted by Gasteiger charge is -2.33. The van der Waals surface area contributed by atoms with Crippen molar-refractivity contribution in [2.24, 2.45) is 0 Å². The van der Waals surface area contributed by atoms with Gasteiger partial charge < -0.3 is 9.80 Å². The summed E-state index contributed by atoms with van der Waals surface area (Å²) in [4.78, 5) is 4.31. The molecule has 0 N–H and O–H groups in total. The van der Waals surface area contributed by atoms with Crippen LogP contribution in [0.2, 0.25) is 0 Å². The largest absolute Gasteiger partial charge is 0.306 e. The molecule has 0 bridgehead atoms. The molecule has 0 aliphatic carbocycles. The molecule has 0 saturated heterocycles. The summed E-state index contributed by atoms with van der Waals surface area (Å²) in [5.74, 6) is -0.651. The van der Waals surface area contributed by atoms with Gasteiger partial charge in [-0.25, -0.2) is 8.78 Å². The monoisotopic (exact) mass is 988 g/mol. The predicted octanol–water partition coefficient (Wildman–Crippen LogP) is 20.9. The van der Waals surface area contributed by atoms with E-state index >= 15 is 8.78 Å². The van der Waals surface area contributed by atoms with Crippen molar-refractivity contribution < 1.29 is 8.78 Å². The van der Waals surface area contributed by atoms with Gasteiger partial charge in [-0.05, 0) is 181 Å². The Hall–Kier alpha value is -8.86. The topological polar surface area (TPSA) is 6.48 Å². The van der Waals surface area contributed by atoms with Gasteiger partial charge in [-0.1, -0.05) is 180 Å². The Kier molecular flexibility index (Phi) is 12.1. The van der Waals surface area contributed by atoms with Crippen LogP contribution in [0.4, 0.5) is 42.9 Å². The lowest BCUT2D eigenvalue weighted by atomic mass is 9.90. The van der Waals surface area contributed by atoms with Crippen LogP contribution in [-0.4, -0.2) is 0 Å². The molecule has 12 aromatic rings. The van der Waals surface area contributed by atoms with Gasteiger partial charge in [-0.3, -0.25) is 0 Å². The van der Waals surface area contributed by atoms with Gasteiger partial charge in [0.25, 0.3) is 0 Å². The minimum atomic E-state index is -0.326. The Labute approximate surface area is 445 Å². The highest BCUT2D eigenvalue weighted by atomic mass is 19.1. The van der Waals surface area contributed by atoms with E-state index in [0.29, 0.717) is 11.4 Å². The Bertz CT molecular complexity index is 3990. The summed E-state index contributed by atoms with van der Waals surface area (Å²) in [6.07, 6.45) is 0. The average molecular weight is 989 g/mol. The van der Waals surface area contributed by atoms with Crippen molar-refractivity contribution in [3.8, 4) is 44.5 Å². The van der Waals surface area contributed by atoms with Crippen LogP contribution in [0.15, 0.2) is 206 Å². The van der Waals surface area contributed by atoms with Crippen molar-refractivity contribution in [3.63, 3.8) is 0 Å². The van der Waals surface area contributed by atoms with E-state index in [1.807, 2.05) is 12.1 Å². The molecule has 370 valence electrons. The molecule has 12 aromatic carbocycles. The fourth-order valence-corrected chi connectivity index (χ4v) is 11.5. The summed E-state index contributed by atoms with van der Waals surface area (Å²) < 4.78 is 36.3. The number of anilines is 6. The summed E-state index contributed by atoms with van der Waals surface area (Å²) >= 11 is 0. The van der Waals surface area contributed by atoms with E-state index < -0.39 is 0 Å². The molecular formula is C72H58F2N2. The third-order valence-electron chi connectivity index (χ3n) is 15.2. The van der Waals surface area contributed by atoms with E-state index in [1.165, 1.54) is 0 Å². The molecule has 2 nitrogen and oxygen atoms in total. The number of hydrogen-bond donors (Lipinski definition) is 0. The van der Waals surface area contributed by atoms with Crippen molar-refractivity contribution >= 4 is 66.4 Å². The van der Waals surface area contributed by atoms with E-state index in [1.54, 1.807) is 12.1 Å². The van der Waals surface area contributed by atoms with Gasteiger partial charge in [0.1, 0.15) is 11.6 Å². The molecule has 0 aliphatic rings. The fraction of sp³-hybridized carbons (Fsp3) is 0.111. The first-order valence-corrected chi connectivity index (χ1v) is 26.2. The highest BCUT2D eigenvalue weighted by Gasteiger charge is 2.29. The van der Waals surface area contributed by atoms with Crippen molar-refractivity contribution in [1.29, 1.82) is 0 Å². The van der Waals surface area contributed by atoms with E-state index in [2.05, 4.69) is 247 Å². The van der Waals surface area contributed by atoms with Crippen molar-refractivity contribution in [2.45, 2.75) is 55.4 Å². The van der Waals surface area contributed by atoms with Crippen LogP contribution < -0.4 is 9.80 Å². The van der Waals surface area contributed by atoms with Gasteiger partial charge in [0.2, 0.25) is 0 Å². The summed E-state index contributed by atoms with van der Waals surface area (Å²) in [7, 11) is 0. The molecule has 0 fully saturated rings. The third kappa shape index (κ3) is 8.54. The van der Waals surface area contributed by atoms with Crippen molar-refractivity contribution in [2.75, 3.05) is 9.80 Å². The minimum Gasteiger partial charge on any atom is -0.306 e.